The summed E-state index contributed by atoms with van der Waals surface area (Å²) in [6, 6.07) is 14.7. The molecular weight excluding hydrogens is 357 g/mol. The highest BCUT2D eigenvalue weighted by Gasteiger charge is 2.11. The molecule has 25 heavy (non-hydrogen) atoms. The number of hydrogen-bond donors (Lipinski definition) is 2. The summed E-state index contributed by atoms with van der Waals surface area (Å²) in [7, 11) is 0. The van der Waals surface area contributed by atoms with Crippen molar-refractivity contribution in [2.24, 2.45) is 0 Å². The molecule has 0 bridgehead atoms. The van der Waals surface area contributed by atoms with E-state index in [0.717, 1.165) is 5.69 Å². The predicted octanol–water partition coefficient (Wildman–Crippen LogP) is 5.69. The molecule has 2 aromatic carbocycles. The second-order valence-electron chi connectivity index (χ2n) is 5.51. The molecule has 1 heterocycles. The standard InChI is InChI=1S/C19H15Cl2N3O/c1-12-5-7-14(8-6-12)23-15-9-13(10-22-11-15)19(25)24-17-4-2-3-16(20)18(17)21/h2-11,23H,1H3,(H,24,25). The molecule has 3 aromatic rings. The number of carbonyl (C=O) groups excluding carboxylic acids is 1. The molecule has 4 nitrogen and oxygen atoms in total. The number of amides is 1. The largest absolute Gasteiger partial charge is 0.354 e. The number of aryl methyl sites for hydroxylation is 1. The van der Waals surface area contributed by atoms with Gasteiger partial charge in [-0.15, -0.1) is 0 Å². The van der Waals surface area contributed by atoms with Gasteiger partial charge in [0.1, 0.15) is 0 Å². The van der Waals surface area contributed by atoms with Gasteiger partial charge < -0.3 is 10.6 Å². The number of benzene rings is 2. The van der Waals surface area contributed by atoms with Gasteiger partial charge in [0.2, 0.25) is 0 Å². The van der Waals surface area contributed by atoms with Crippen LogP contribution < -0.4 is 10.6 Å². The Labute approximate surface area is 155 Å². The molecule has 0 spiro atoms. The number of pyridine rings is 1. The van der Waals surface area contributed by atoms with Crippen molar-refractivity contribution in [1.82, 2.24) is 4.98 Å². The highest BCUT2D eigenvalue weighted by atomic mass is 35.5. The Morgan fingerprint density at radius 3 is 2.52 bits per heavy atom. The van der Waals surface area contributed by atoms with Crippen LogP contribution in [0.2, 0.25) is 10.0 Å². The molecule has 0 aliphatic heterocycles. The third kappa shape index (κ3) is 4.29. The molecular formula is C19H15Cl2N3O. The van der Waals surface area contributed by atoms with Crippen LogP contribution in [0.4, 0.5) is 17.1 Å². The lowest BCUT2D eigenvalue weighted by molar-refractivity contribution is 0.102. The second kappa shape index (κ2) is 7.55. The van der Waals surface area contributed by atoms with Gasteiger partial charge in [0.05, 0.1) is 33.2 Å². The van der Waals surface area contributed by atoms with E-state index in [2.05, 4.69) is 15.6 Å². The lowest BCUT2D eigenvalue weighted by atomic mass is 10.2. The summed E-state index contributed by atoms with van der Waals surface area (Å²) in [6.07, 6.45) is 3.15. The average molecular weight is 372 g/mol. The van der Waals surface area contributed by atoms with Crippen molar-refractivity contribution in [1.29, 1.82) is 0 Å². The maximum absolute atomic E-state index is 12.4. The van der Waals surface area contributed by atoms with Crippen LogP contribution in [0.25, 0.3) is 0 Å². The van der Waals surface area contributed by atoms with Crippen molar-refractivity contribution >= 4 is 46.2 Å². The van der Waals surface area contributed by atoms with Crippen molar-refractivity contribution in [2.45, 2.75) is 6.92 Å². The van der Waals surface area contributed by atoms with Crippen LogP contribution in [0.3, 0.4) is 0 Å². The number of nitrogens with zero attached hydrogens (tertiary/aromatic N) is 1. The van der Waals surface area contributed by atoms with Crippen molar-refractivity contribution in [3.63, 3.8) is 0 Å². The minimum Gasteiger partial charge on any atom is -0.354 e. The van der Waals surface area contributed by atoms with Crippen molar-refractivity contribution in [3.8, 4) is 0 Å². The Balaban J connectivity index is 1.77. The van der Waals surface area contributed by atoms with Gasteiger partial charge in [0.15, 0.2) is 0 Å². The van der Waals surface area contributed by atoms with Gasteiger partial charge in [0, 0.05) is 11.9 Å². The van der Waals surface area contributed by atoms with Gasteiger partial charge in [0.25, 0.3) is 5.91 Å². The van der Waals surface area contributed by atoms with E-state index in [0.29, 0.717) is 27.0 Å². The van der Waals surface area contributed by atoms with Gasteiger partial charge >= 0.3 is 0 Å². The maximum Gasteiger partial charge on any atom is 0.257 e. The molecule has 1 amide bonds. The number of halogens is 2. The summed E-state index contributed by atoms with van der Waals surface area (Å²) in [6.45, 7) is 2.03. The first kappa shape index (κ1) is 17.3. The zero-order valence-electron chi connectivity index (χ0n) is 13.4. The lowest BCUT2D eigenvalue weighted by Gasteiger charge is -2.10. The van der Waals surface area contributed by atoms with Crippen LogP contribution in [0.15, 0.2) is 60.9 Å². The van der Waals surface area contributed by atoms with Crippen molar-refractivity contribution in [2.75, 3.05) is 10.6 Å². The van der Waals surface area contributed by atoms with Gasteiger partial charge in [-0.05, 0) is 37.3 Å². The fourth-order valence-electron chi connectivity index (χ4n) is 2.23. The quantitative estimate of drug-likeness (QED) is 0.618. The molecule has 0 unspecified atom stereocenters. The minimum absolute atomic E-state index is 0.305. The number of carbonyl (C=O) groups is 1. The van der Waals surface area contributed by atoms with Crippen LogP contribution in [-0.2, 0) is 0 Å². The molecule has 126 valence electrons. The molecule has 0 radical (unpaired) electrons. The molecule has 0 aliphatic carbocycles. The van der Waals surface area contributed by atoms with E-state index in [1.54, 1.807) is 30.5 Å². The Kier molecular flexibility index (Phi) is 5.22. The summed E-state index contributed by atoms with van der Waals surface area (Å²) in [5.41, 5.74) is 3.68. The van der Waals surface area contributed by atoms with Gasteiger partial charge in [-0.25, -0.2) is 0 Å². The van der Waals surface area contributed by atoms with Gasteiger partial charge in [-0.2, -0.15) is 0 Å². The molecule has 3 rings (SSSR count). The molecule has 1 aromatic heterocycles. The Bertz CT molecular complexity index is 911. The van der Waals surface area contributed by atoms with Crippen LogP contribution in [0, 0.1) is 6.92 Å². The van der Waals surface area contributed by atoms with E-state index in [9.17, 15) is 4.79 Å². The summed E-state index contributed by atoms with van der Waals surface area (Å²) in [5, 5.41) is 6.65. The second-order valence-corrected chi connectivity index (χ2v) is 6.29. The van der Waals surface area contributed by atoms with E-state index >= 15 is 0 Å². The first-order valence-corrected chi connectivity index (χ1v) is 8.32. The third-order valence-corrected chi connectivity index (χ3v) is 4.36. The average Bonchev–Trinajstić information content (AvgIpc) is 2.61. The number of aromatic nitrogens is 1. The smallest absolute Gasteiger partial charge is 0.257 e. The molecule has 0 fully saturated rings. The molecule has 0 saturated heterocycles. The molecule has 0 atom stereocenters. The van der Waals surface area contributed by atoms with E-state index in [4.69, 9.17) is 23.2 Å². The third-order valence-electron chi connectivity index (χ3n) is 3.54. The van der Waals surface area contributed by atoms with Crippen LogP contribution in [0.5, 0.6) is 0 Å². The van der Waals surface area contributed by atoms with E-state index in [1.807, 2.05) is 31.2 Å². The Morgan fingerprint density at radius 2 is 1.76 bits per heavy atom. The lowest BCUT2D eigenvalue weighted by Crippen LogP contribution is -2.13. The van der Waals surface area contributed by atoms with Gasteiger partial charge in [-0.1, -0.05) is 47.0 Å². The summed E-state index contributed by atoms with van der Waals surface area (Å²) < 4.78 is 0. The van der Waals surface area contributed by atoms with Crippen molar-refractivity contribution < 1.29 is 4.79 Å². The van der Waals surface area contributed by atoms with Crippen LogP contribution in [0.1, 0.15) is 15.9 Å². The fourth-order valence-corrected chi connectivity index (χ4v) is 2.58. The molecule has 0 saturated carbocycles. The highest BCUT2D eigenvalue weighted by molar-refractivity contribution is 6.44. The Hall–Kier alpha value is -2.56. The van der Waals surface area contributed by atoms with Gasteiger partial charge in [-0.3, -0.25) is 9.78 Å². The summed E-state index contributed by atoms with van der Waals surface area (Å²) in [4.78, 5) is 16.6. The number of nitrogens with one attached hydrogen (secondary N) is 2. The molecule has 2 N–H and O–H groups in total. The molecule has 6 heteroatoms. The van der Waals surface area contributed by atoms with Crippen LogP contribution in [-0.4, -0.2) is 10.9 Å². The number of anilines is 3. The highest BCUT2D eigenvalue weighted by Crippen LogP contribution is 2.30. The first-order chi connectivity index (χ1) is 12.0. The fraction of sp³-hybridized carbons (Fsp3) is 0.0526. The SMILES string of the molecule is Cc1ccc(Nc2cncc(C(=O)Nc3cccc(Cl)c3Cl)c2)cc1. The zero-order chi connectivity index (χ0) is 17.8. The summed E-state index contributed by atoms with van der Waals surface area (Å²) >= 11 is 12.1. The Morgan fingerprint density at radius 1 is 1.00 bits per heavy atom. The van der Waals surface area contributed by atoms with E-state index in [1.165, 1.54) is 11.8 Å². The van der Waals surface area contributed by atoms with E-state index in [-0.39, 0.29) is 5.91 Å². The van der Waals surface area contributed by atoms with Crippen molar-refractivity contribution in [3.05, 3.63) is 82.1 Å². The summed E-state index contributed by atoms with van der Waals surface area (Å²) in [5.74, 6) is -0.316. The topological polar surface area (TPSA) is 54.0 Å². The molecule has 0 aliphatic rings. The first-order valence-electron chi connectivity index (χ1n) is 7.57. The zero-order valence-corrected chi connectivity index (χ0v) is 14.9. The van der Waals surface area contributed by atoms with Crippen LogP contribution >= 0.6 is 23.2 Å². The minimum atomic E-state index is -0.316. The van der Waals surface area contributed by atoms with E-state index < -0.39 is 0 Å². The number of rotatable bonds is 4. The predicted molar refractivity (Wildman–Crippen MR) is 103 cm³/mol. The monoisotopic (exact) mass is 371 g/mol. The normalized spacial score (nSPS) is 10.4. The maximum atomic E-state index is 12.4. The number of hydrogen-bond acceptors (Lipinski definition) is 3.